The standard InChI is InChI=1S/C13H18N2O3/c1-9(2)11(12(16)17)14-13(18)15(3)10-7-5-4-6-8-10/h4-9,11H,1-3H3,(H,14,18)(H,16,17). The minimum atomic E-state index is -1.03. The van der Waals surface area contributed by atoms with E-state index in [9.17, 15) is 9.59 Å². The minimum Gasteiger partial charge on any atom is -0.480 e. The van der Waals surface area contributed by atoms with E-state index >= 15 is 0 Å². The second-order valence-electron chi connectivity index (χ2n) is 4.40. The molecule has 0 radical (unpaired) electrons. The second-order valence-corrected chi connectivity index (χ2v) is 4.40. The highest BCUT2D eigenvalue weighted by atomic mass is 16.4. The van der Waals surface area contributed by atoms with Gasteiger partial charge >= 0.3 is 12.0 Å². The van der Waals surface area contributed by atoms with Gasteiger partial charge in [0.1, 0.15) is 6.04 Å². The zero-order chi connectivity index (χ0) is 13.7. The van der Waals surface area contributed by atoms with Crippen LogP contribution >= 0.6 is 0 Å². The first-order valence-electron chi connectivity index (χ1n) is 5.75. The number of hydrogen-bond acceptors (Lipinski definition) is 2. The molecule has 0 aliphatic rings. The number of hydrogen-bond donors (Lipinski definition) is 2. The first kappa shape index (κ1) is 14.0. The average Bonchev–Trinajstić information content (AvgIpc) is 2.35. The highest BCUT2D eigenvalue weighted by molar-refractivity contribution is 5.94. The molecule has 2 N–H and O–H groups in total. The molecule has 1 atom stereocenters. The third kappa shape index (κ3) is 3.48. The molecule has 0 heterocycles. The van der Waals surface area contributed by atoms with E-state index in [4.69, 9.17) is 5.11 Å². The van der Waals surface area contributed by atoms with Crippen LogP contribution in [0.4, 0.5) is 10.5 Å². The third-order valence-electron chi connectivity index (χ3n) is 2.66. The zero-order valence-corrected chi connectivity index (χ0v) is 10.8. The molecule has 1 aromatic rings. The Hall–Kier alpha value is -2.04. The number of aliphatic carboxylic acids is 1. The number of carbonyl (C=O) groups excluding carboxylic acids is 1. The summed E-state index contributed by atoms with van der Waals surface area (Å²) in [5.41, 5.74) is 0.711. The molecule has 0 saturated heterocycles. The number of nitrogens with zero attached hydrogens (tertiary/aromatic N) is 1. The maximum absolute atomic E-state index is 11.9. The normalized spacial score (nSPS) is 12.0. The summed E-state index contributed by atoms with van der Waals surface area (Å²) in [4.78, 5) is 24.3. The minimum absolute atomic E-state index is 0.171. The van der Waals surface area contributed by atoms with E-state index in [0.717, 1.165) is 0 Å². The average molecular weight is 250 g/mol. The molecule has 0 saturated carbocycles. The van der Waals surface area contributed by atoms with E-state index in [1.165, 1.54) is 4.90 Å². The fraction of sp³-hybridized carbons (Fsp3) is 0.385. The van der Waals surface area contributed by atoms with Gasteiger partial charge in [-0.15, -0.1) is 0 Å². The molecular weight excluding hydrogens is 232 g/mol. The van der Waals surface area contributed by atoms with Crippen LogP contribution in [0.3, 0.4) is 0 Å². The van der Waals surface area contributed by atoms with Gasteiger partial charge < -0.3 is 10.4 Å². The van der Waals surface area contributed by atoms with Crippen molar-refractivity contribution in [1.29, 1.82) is 0 Å². The van der Waals surface area contributed by atoms with Gasteiger partial charge in [0.2, 0.25) is 0 Å². The summed E-state index contributed by atoms with van der Waals surface area (Å²) in [5.74, 6) is -1.20. The van der Waals surface area contributed by atoms with E-state index in [2.05, 4.69) is 5.32 Å². The van der Waals surface area contributed by atoms with Crippen LogP contribution in [0.2, 0.25) is 0 Å². The van der Waals surface area contributed by atoms with Crippen molar-refractivity contribution in [1.82, 2.24) is 5.32 Å². The number of carboxylic acids is 1. The molecule has 98 valence electrons. The maximum atomic E-state index is 11.9. The van der Waals surface area contributed by atoms with Gasteiger partial charge in [-0.1, -0.05) is 32.0 Å². The summed E-state index contributed by atoms with van der Waals surface area (Å²) in [7, 11) is 1.60. The van der Waals surface area contributed by atoms with Crippen LogP contribution in [-0.2, 0) is 4.79 Å². The van der Waals surface area contributed by atoms with Crippen LogP contribution in [0.5, 0.6) is 0 Å². The zero-order valence-electron chi connectivity index (χ0n) is 10.8. The molecule has 0 fully saturated rings. The number of carbonyl (C=O) groups is 2. The highest BCUT2D eigenvalue weighted by Gasteiger charge is 2.25. The van der Waals surface area contributed by atoms with Crippen LogP contribution in [0, 0.1) is 5.92 Å². The first-order chi connectivity index (χ1) is 8.43. The Bertz CT molecular complexity index is 418. The predicted octanol–water partition coefficient (Wildman–Crippen LogP) is 1.94. The fourth-order valence-corrected chi connectivity index (χ4v) is 1.51. The lowest BCUT2D eigenvalue weighted by Gasteiger charge is -2.23. The van der Waals surface area contributed by atoms with Crippen LogP contribution in [-0.4, -0.2) is 30.2 Å². The van der Waals surface area contributed by atoms with Crippen molar-refractivity contribution in [2.45, 2.75) is 19.9 Å². The van der Waals surface area contributed by atoms with Gasteiger partial charge in [0, 0.05) is 12.7 Å². The quantitative estimate of drug-likeness (QED) is 0.858. The first-order valence-corrected chi connectivity index (χ1v) is 5.75. The topological polar surface area (TPSA) is 69.6 Å². The molecule has 0 spiro atoms. The smallest absolute Gasteiger partial charge is 0.326 e. The van der Waals surface area contributed by atoms with Gasteiger partial charge in [-0.3, -0.25) is 4.90 Å². The Morgan fingerprint density at radius 2 is 1.78 bits per heavy atom. The summed E-state index contributed by atoms with van der Waals surface area (Å²) in [6.45, 7) is 3.50. The Kier molecular flexibility index (Phi) is 4.71. The van der Waals surface area contributed by atoms with Crippen molar-refractivity contribution in [3.05, 3.63) is 30.3 Å². The third-order valence-corrected chi connectivity index (χ3v) is 2.66. The van der Waals surface area contributed by atoms with E-state index < -0.39 is 18.0 Å². The van der Waals surface area contributed by atoms with Crippen LogP contribution in [0.25, 0.3) is 0 Å². The fourth-order valence-electron chi connectivity index (χ4n) is 1.51. The van der Waals surface area contributed by atoms with Crippen molar-refractivity contribution in [3.8, 4) is 0 Å². The number of benzene rings is 1. The van der Waals surface area contributed by atoms with Crippen LogP contribution < -0.4 is 10.2 Å². The molecule has 0 aliphatic heterocycles. The maximum Gasteiger partial charge on any atom is 0.326 e. The molecule has 1 aromatic carbocycles. The van der Waals surface area contributed by atoms with Gasteiger partial charge in [0.25, 0.3) is 0 Å². The van der Waals surface area contributed by atoms with Crippen LogP contribution in [0.15, 0.2) is 30.3 Å². The summed E-state index contributed by atoms with van der Waals surface area (Å²) in [5, 5.41) is 11.5. The summed E-state index contributed by atoms with van der Waals surface area (Å²) in [6, 6.07) is 7.73. The number of para-hydroxylation sites is 1. The molecule has 1 rings (SSSR count). The lowest BCUT2D eigenvalue weighted by Crippen LogP contribution is -2.49. The summed E-state index contributed by atoms with van der Waals surface area (Å²) < 4.78 is 0. The molecular formula is C13H18N2O3. The largest absolute Gasteiger partial charge is 0.480 e. The predicted molar refractivity (Wildman–Crippen MR) is 69.6 cm³/mol. The summed E-state index contributed by atoms with van der Waals surface area (Å²) >= 11 is 0. The van der Waals surface area contributed by atoms with E-state index in [0.29, 0.717) is 5.69 Å². The second kappa shape index (κ2) is 6.05. The lowest BCUT2D eigenvalue weighted by molar-refractivity contribution is -0.140. The molecule has 0 bridgehead atoms. The van der Waals surface area contributed by atoms with Gasteiger partial charge in [-0.2, -0.15) is 0 Å². The van der Waals surface area contributed by atoms with Crippen LogP contribution in [0.1, 0.15) is 13.8 Å². The summed E-state index contributed by atoms with van der Waals surface area (Å²) in [6.07, 6.45) is 0. The molecule has 0 aliphatic carbocycles. The van der Waals surface area contributed by atoms with Crippen molar-refractivity contribution in [2.75, 3.05) is 11.9 Å². The Labute approximate surface area is 106 Å². The Morgan fingerprint density at radius 3 is 2.22 bits per heavy atom. The van der Waals surface area contributed by atoms with Crippen molar-refractivity contribution in [2.24, 2.45) is 5.92 Å². The number of urea groups is 1. The number of anilines is 1. The molecule has 5 heteroatoms. The molecule has 0 aromatic heterocycles. The van der Waals surface area contributed by atoms with Crippen molar-refractivity contribution in [3.63, 3.8) is 0 Å². The van der Waals surface area contributed by atoms with Crippen molar-refractivity contribution >= 4 is 17.7 Å². The number of nitrogens with one attached hydrogen (secondary N) is 1. The monoisotopic (exact) mass is 250 g/mol. The Morgan fingerprint density at radius 1 is 1.22 bits per heavy atom. The van der Waals surface area contributed by atoms with E-state index in [-0.39, 0.29) is 5.92 Å². The van der Waals surface area contributed by atoms with Crippen molar-refractivity contribution < 1.29 is 14.7 Å². The molecule has 5 nitrogen and oxygen atoms in total. The van der Waals surface area contributed by atoms with Gasteiger partial charge in [-0.25, -0.2) is 9.59 Å². The number of rotatable bonds is 4. The highest BCUT2D eigenvalue weighted by Crippen LogP contribution is 2.11. The van der Waals surface area contributed by atoms with E-state index in [1.807, 2.05) is 18.2 Å². The number of amides is 2. The lowest BCUT2D eigenvalue weighted by atomic mass is 10.1. The van der Waals surface area contributed by atoms with Gasteiger partial charge in [-0.05, 0) is 18.1 Å². The molecule has 2 amide bonds. The van der Waals surface area contributed by atoms with E-state index in [1.54, 1.807) is 33.0 Å². The SMILES string of the molecule is CC(C)C(NC(=O)N(C)c1ccccc1)C(=O)O. The molecule has 18 heavy (non-hydrogen) atoms. The molecule has 1 unspecified atom stereocenters. The van der Waals surface area contributed by atoms with Gasteiger partial charge in [0.05, 0.1) is 0 Å². The number of carboxylic acid groups (broad SMARTS) is 1. The van der Waals surface area contributed by atoms with Gasteiger partial charge in [0.15, 0.2) is 0 Å². The Balaban J connectivity index is 2.73.